The van der Waals surface area contributed by atoms with Gasteiger partial charge in [-0.15, -0.1) is 0 Å². The van der Waals surface area contributed by atoms with E-state index in [2.05, 4.69) is 6.92 Å². The zero-order chi connectivity index (χ0) is 20.7. The lowest BCUT2D eigenvalue weighted by molar-refractivity contribution is -0.137. The predicted molar refractivity (Wildman–Crippen MR) is 105 cm³/mol. The van der Waals surface area contributed by atoms with Crippen LogP contribution >= 0.6 is 0 Å². The number of aromatic nitrogens is 1. The van der Waals surface area contributed by atoms with Gasteiger partial charge >= 0.3 is 6.18 Å². The fourth-order valence-corrected chi connectivity index (χ4v) is 3.17. The fraction of sp³-hybridized carbons (Fsp3) is 0.500. The lowest BCUT2D eigenvalue weighted by Crippen LogP contribution is -2.35. The Morgan fingerprint density at radius 2 is 1.89 bits per heavy atom. The summed E-state index contributed by atoms with van der Waals surface area (Å²) in [6.07, 6.45) is 0.584. The molecule has 2 rings (SSSR count). The third-order valence-corrected chi connectivity index (χ3v) is 4.72. The summed E-state index contributed by atoms with van der Waals surface area (Å²) in [6.45, 7) is 7.39. The molecule has 0 N–H and O–H groups in total. The van der Waals surface area contributed by atoms with Crippen molar-refractivity contribution in [3.63, 3.8) is 0 Å². The highest BCUT2D eigenvalue weighted by atomic mass is 19.4. The Bertz CT molecular complexity index is 765. The number of hydrogen-bond donors (Lipinski definition) is 0. The fourth-order valence-electron chi connectivity index (χ4n) is 3.17. The van der Waals surface area contributed by atoms with Crippen LogP contribution in [0.15, 0.2) is 42.6 Å². The minimum atomic E-state index is -4.35. The number of amides is 1. The molecule has 0 aliphatic rings. The molecule has 0 spiro atoms. The molecule has 6 heteroatoms. The number of hydrogen-bond acceptors (Lipinski definition) is 1. The van der Waals surface area contributed by atoms with Crippen LogP contribution in [0, 0.1) is 5.92 Å². The molecule has 0 aliphatic heterocycles. The van der Waals surface area contributed by atoms with Crippen molar-refractivity contribution in [2.75, 3.05) is 6.54 Å². The van der Waals surface area contributed by atoms with Crippen LogP contribution in [0.4, 0.5) is 13.2 Å². The van der Waals surface area contributed by atoms with Gasteiger partial charge in [0.05, 0.1) is 12.1 Å². The molecule has 154 valence electrons. The third kappa shape index (κ3) is 6.14. The van der Waals surface area contributed by atoms with Crippen molar-refractivity contribution in [2.24, 2.45) is 5.92 Å². The molecule has 3 nitrogen and oxygen atoms in total. The summed E-state index contributed by atoms with van der Waals surface area (Å²) in [6, 6.07) is 9.18. The summed E-state index contributed by atoms with van der Waals surface area (Å²) < 4.78 is 40.8. The average Bonchev–Trinajstić information content (AvgIpc) is 3.06. The van der Waals surface area contributed by atoms with Crippen molar-refractivity contribution in [1.29, 1.82) is 0 Å². The second-order valence-corrected chi connectivity index (χ2v) is 7.45. The number of rotatable bonds is 9. The molecule has 0 unspecified atom stereocenters. The minimum absolute atomic E-state index is 0.0893. The van der Waals surface area contributed by atoms with Gasteiger partial charge in [0.1, 0.15) is 0 Å². The number of carbonyl (C=O) groups is 1. The highest BCUT2D eigenvalue weighted by Gasteiger charge is 2.30. The maximum atomic E-state index is 13.0. The summed E-state index contributed by atoms with van der Waals surface area (Å²) in [5, 5.41) is 0. The first-order valence-electron chi connectivity index (χ1n) is 9.81. The minimum Gasteiger partial charge on any atom is -0.345 e. The molecule has 1 aromatic heterocycles. The first kappa shape index (κ1) is 22.1. The Morgan fingerprint density at radius 1 is 1.14 bits per heavy atom. The first-order valence-corrected chi connectivity index (χ1v) is 9.81. The largest absolute Gasteiger partial charge is 0.416 e. The van der Waals surface area contributed by atoms with Gasteiger partial charge in [-0.3, -0.25) is 4.79 Å². The molecular weight excluding hydrogens is 365 g/mol. The normalized spacial score (nSPS) is 11.8. The van der Waals surface area contributed by atoms with E-state index < -0.39 is 11.7 Å². The molecule has 0 radical (unpaired) electrons. The number of carbonyl (C=O) groups excluding carboxylic acids is 1. The van der Waals surface area contributed by atoms with Crippen LogP contribution in [0.5, 0.6) is 0 Å². The number of alkyl halides is 3. The summed E-state index contributed by atoms with van der Waals surface area (Å²) in [7, 11) is 0. The van der Waals surface area contributed by atoms with Crippen molar-refractivity contribution in [3.05, 3.63) is 59.4 Å². The Balaban J connectivity index is 2.16. The van der Waals surface area contributed by atoms with Gasteiger partial charge in [-0.1, -0.05) is 45.7 Å². The van der Waals surface area contributed by atoms with E-state index in [1.54, 1.807) is 6.07 Å². The van der Waals surface area contributed by atoms with Crippen LogP contribution in [0.25, 0.3) is 0 Å². The molecule has 1 heterocycles. The lowest BCUT2D eigenvalue weighted by atomic mass is 10.1. The molecule has 0 atom stereocenters. The Labute approximate surface area is 165 Å². The van der Waals surface area contributed by atoms with Crippen LogP contribution in [0.2, 0.25) is 0 Å². The number of halogens is 3. The number of benzene rings is 1. The van der Waals surface area contributed by atoms with Gasteiger partial charge in [0.15, 0.2) is 0 Å². The molecule has 2 aromatic rings. The van der Waals surface area contributed by atoms with Gasteiger partial charge in [0, 0.05) is 30.9 Å². The van der Waals surface area contributed by atoms with E-state index in [-0.39, 0.29) is 11.8 Å². The van der Waals surface area contributed by atoms with E-state index in [9.17, 15) is 18.0 Å². The highest BCUT2D eigenvalue weighted by Crippen LogP contribution is 2.29. The topological polar surface area (TPSA) is 25.2 Å². The second kappa shape index (κ2) is 9.80. The van der Waals surface area contributed by atoms with Gasteiger partial charge in [-0.2, -0.15) is 13.2 Å². The van der Waals surface area contributed by atoms with Crippen molar-refractivity contribution in [2.45, 2.75) is 59.3 Å². The van der Waals surface area contributed by atoms with Crippen LogP contribution in [0.3, 0.4) is 0 Å². The van der Waals surface area contributed by atoms with Crippen LogP contribution in [0.1, 0.15) is 56.9 Å². The first-order chi connectivity index (χ1) is 13.2. The summed E-state index contributed by atoms with van der Waals surface area (Å²) >= 11 is 0. The monoisotopic (exact) mass is 394 g/mol. The van der Waals surface area contributed by atoms with Gasteiger partial charge < -0.3 is 9.47 Å². The SMILES string of the molecule is CCCCCN(Cc1cccn1Cc1cccc(C(F)(F)F)c1)C(=O)C(C)C. The molecule has 0 aliphatic carbocycles. The van der Waals surface area contributed by atoms with E-state index in [0.717, 1.165) is 31.0 Å². The maximum Gasteiger partial charge on any atom is 0.416 e. The Hall–Kier alpha value is -2.24. The molecule has 1 amide bonds. The van der Waals surface area contributed by atoms with E-state index in [1.165, 1.54) is 12.1 Å². The number of nitrogens with zero attached hydrogens (tertiary/aromatic N) is 2. The van der Waals surface area contributed by atoms with Gasteiger partial charge in [0.2, 0.25) is 5.91 Å². The van der Waals surface area contributed by atoms with Crippen molar-refractivity contribution in [1.82, 2.24) is 9.47 Å². The quantitative estimate of drug-likeness (QED) is 0.499. The standard InChI is InChI=1S/C22H29F3N2O/c1-4-5-6-12-27(21(28)17(2)3)16-20-11-8-13-26(20)15-18-9-7-10-19(14-18)22(23,24)25/h7-11,13-14,17H,4-6,12,15-16H2,1-3H3. The second-order valence-electron chi connectivity index (χ2n) is 7.45. The number of unbranched alkanes of at least 4 members (excludes halogenated alkanes) is 2. The summed E-state index contributed by atoms with van der Waals surface area (Å²) in [4.78, 5) is 14.4. The van der Waals surface area contributed by atoms with Gasteiger partial charge in [0.25, 0.3) is 0 Å². The van der Waals surface area contributed by atoms with Crippen molar-refractivity contribution >= 4 is 5.91 Å². The van der Waals surface area contributed by atoms with E-state index in [1.807, 2.05) is 41.6 Å². The predicted octanol–water partition coefficient (Wildman–Crippen LogP) is 5.73. The van der Waals surface area contributed by atoms with E-state index in [4.69, 9.17) is 0 Å². The maximum absolute atomic E-state index is 13.0. The molecule has 0 saturated carbocycles. The van der Waals surface area contributed by atoms with Crippen molar-refractivity contribution in [3.8, 4) is 0 Å². The van der Waals surface area contributed by atoms with Gasteiger partial charge in [-0.25, -0.2) is 0 Å². The molecule has 0 bridgehead atoms. The van der Waals surface area contributed by atoms with Gasteiger partial charge in [-0.05, 0) is 36.2 Å². The zero-order valence-electron chi connectivity index (χ0n) is 16.8. The highest BCUT2D eigenvalue weighted by molar-refractivity contribution is 5.78. The van der Waals surface area contributed by atoms with E-state index in [0.29, 0.717) is 25.2 Å². The Kier molecular flexibility index (Phi) is 7.72. The molecule has 0 fully saturated rings. The van der Waals surface area contributed by atoms with Crippen LogP contribution < -0.4 is 0 Å². The lowest BCUT2D eigenvalue weighted by Gasteiger charge is -2.25. The summed E-state index contributed by atoms with van der Waals surface area (Å²) in [5.74, 6) is 0.0106. The summed E-state index contributed by atoms with van der Waals surface area (Å²) in [5.41, 5.74) is 0.859. The Morgan fingerprint density at radius 3 is 2.54 bits per heavy atom. The zero-order valence-corrected chi connectivity index (χ0v) is 16.8. The van der Waals surface area contributed by atoms with Crippen molar-refractivity contribution < 1.29 is 18.0 Å². The smallest absolute Gasteiger partial charge is 0.345 e. The molecule has 0 saturated heterocycles. The molecule has 28 heavy (non-hydrogen) atoms. The van der Waals surface area contributed by atoms with Crippen LogP contribution in [-0.2, 0) is 24.1 Å². The van der Waals surface area contributed by atoms with E-state index >= 15 is 0 Å². The average molecular weight is 394 g/mol. The third-order valence-electron chi connectivity index (χ3n) is 4.72. The van der Waals surface area contributed by atoms with Crippen LogP contribution in [-0.4, -0.2) is 21.9 Å². The molecular formula is C22H29F3N2O. The molecule has 1 aromatic carbocycles.